The fourth-order valence-corrected chi connectivity index (χ4v) is 4.94. The molecule has 0 radical (unpaired) electrons. The van der Waals surface area contributed by atoms with E-state index in [1.807, 2.05) is 25.4 Å². The number of nitrogens with one attached hydrogen (secondary N) is 2. The van der Waals surface area contributed by atoms with Crippen LogP contribution in [0.2, 0.25) is 0 Å². The van der Waals surface area contributed by atoms with Crippen molar-refractivity contribution in [3.05, 3.63) is 71.6 Å². The second-order valence-corrected chi connectivity index (χ2v) is 8.88. The summed E-state index contributed by atoms with van der Waals surface area (Å²) in [5.74, 6) is 1.77. The molecule has 0 aliphatic carbocycles. The van der Waals surface area contributed by atoms with Gasteiger partial charge in [-0.05, 0) is 43.2 Å². The first-order chi connectivity index (χ1) is 16.0. The van der Waals surface area contributed by atoms with Gasteiger partial charge in [0.15, 0.2) is 11.5 Å². The maximum absolute atomic E-state index is 10.3. The van der Waals surface area contributed by atoms with Crippen LogP contribution in [0.1, 0.15) is 23.7 Å². The maximum atomic E-state index is 10.3. The van der Waals surface area contributed by atoms with Gasteiger partial charge in [-0.1, -0.05) is 24.3 Å². The van der Waals surface area contributed by atoms with Crippen molar-refractivity contribution in [3.63, 3.8) is 0 Å². The van der Waals surface area contributed by atoms with Crippen molar-refractivity contribution in [2.75, 3.05) is 12.4 Å². The third kappa shape index (κ3) is 4.01. The van der Waals surface area contributed by atoms with Crippen LogP contribution in [-0.2, 0) is 0 Å². The summed E-state index contributed by atoms with van der Waals surface area (Å²) in [4.78, 5) is 11.5. The third-order valence-electron chi connectivity index (χ3n) is 5.52. The Morgan fingerprint density at radius 3 is 2.67 bits per heavy atom. The highest BCUT2D eigenvalue weighted by molar-refractivity contribution is 7.15. The van der Waals surface area contributed by atoms with E-state index >= 15 is 0 Å². The highest BCUT2D eigenvalue weighted by Crippen LogP contribution is 2.39. The van der Waals surface area contributed by atoms with Gasteiger partial charge in [0.1, 0.15) is 11.6 Å². The van der Waals surface area contributed by atoms with Gasteiger partial charge in [-0.15, -0.1) is 11.3 Å². The predicted molar refractivity (Wildman–Crippen MR) is 132 cm³/mol. The van der Waals surface area contributed by atoms with Gasteiger partial charge in [-0.25, -0.2) is 9.97 Å². The Morgan fingerprint density at radius 2 is 1.91 bits per heavy atom. The van der Waals surface area contributed by atoms with E-state index in [0.717, 1.165) is 16.5 Å². The first kappa shape index (κ1) is 21.0. The zero-order valence-electron chi connectivity index (χ0n) is 18.5. The van der Waals surface area contributed by atoms with E-state index < -0.39 is 0 Å². The van der Waals surface area contributed by atoms with Gasteiger partial charge >= 0.3 is 0 Å². The lowest BCUT2D eigenvalue weighted by Crippen LogP contribution is -2.08. The molecule has 0 saturated carbocycles. The summed E-state index contributed by atoms with van der Waals surface area (Å²) < 4.78 is 5.23. The van der Waals surface area contributed by atoms with Gasteiger partial charge in [-0.3, -0.25) is 5.10 Å². The van der Waals surface area contributed by atoms with Crippen LogP contribution in [0.15, 0.2) is 60.9 Å². The SMILES string of the molecule is COc1cc2nc(C)nc(NC(C)c3ccc(-c4ccccc4-c4cn[nH]c4)s3)c2cc1O. The minimum absolute atomic E-state index is 0.00609. The summed E-state index contributed by atoms with van der Waals surface area (Å²) in [6, 6.07) is 16.0. The number of benzene rings is 2. The van der Waals surface area contributed by atoms with Crippen LogP contribution < -0.4 is 10.1 Å². The molecule has 5 aromatic rings. The highest BCUT2D eigenvalue weighted by atomic mass is 32.1. The average molecular weight is 458 g/mol. The van der Waals surface area contributed by atoms with Gasteiger partial charge in [0.05, 0.1) is 24.9 Å². The number of hydrogen-bond acceptors (Lipinski definition) is 7. The molecule has 0 amide bonds. The molecule has 166 valence electrons. The van der Waals surface area contributed by atoms with Gasteiger partial charge < -0.3 is 15.2 Å². The maximum Gasteiger partial charge on any atom is 0.162 e. The van der Waals surface area contributed by atoms with Crippen molar-refractivity contribution >= 4 is 28.1 Å². The van der Waals surface area contributed by atoms with E-state index in [0.29, 0.717) is 22.9 Å². The molecule has 3 heterocycles. The lowest BCUT2D eigenvalue weighted by Gasteiger charge is -2.16. The van der Waals surface area contributed by atoms with E-state index in [1.54, 1.807) is 23.5 Å². The second-order valence-electron chi connectivity index (χ2n) is 7.76. The molecule has 7 nitrogen and oxygen atoms in total. The Labute approximate surface area is 195 Å². The molecule has 8 heteroatoms. The molecule has 2 aromatic carbocycles. The van der Waals surface area contributed by atoms with E-state index in [1.165, 1.54) is 22.4 Å². The molecule has 0 fully saturated rings. The molecule has 3 aromatic heterocycles. The number of thiophene rings is 1. The molecule has 1 atom stereocenters. The first-order valence-electron chi connectivity index (χ1n) is 10.5. The van der Waals surface area contributed by atoms with E-state index in [4.69, 9.17) is 4.74 Å². The number of fused-ring (bicyclic) bond motifs is 1. The smallest absolute Gasteiger partial charge is 0.162 e. The predicted octanol–water partition coefficient (Wildman–Crippen LogP) is 5.94. The zero-order chi connectivity index (χ0) is 22.9. The van der Waals surface area contributed by atoms with Crippen LogP contribution in [-0.4, -0.2) is 32.4 Å². The Morgan fingerprint density at radius 1 is 1.09 bits per heavy atom. The molecule has 33 heavy (non-hydrogen) atoms. The average Bonchev–Trinajstić information content (AvgIpc) is 3.52. The molecule has 5 rings (SSSR count). The highest BCUT2D eigenvalue weighted by Gasteiger charge is 2.16. The summed E-state index contributed by atoms with van der Waals surface area (Å²) in [6.45, 7) is 3.95. The molecule has 0 saturated heterocycles. The van der Waals surface area contributed by atoms with Gasteiger partial charge in [0, 0.05) is 33.0 Å². The summed E-state index contributed by atoms with van der Waals surface area (Å²) in [7, 11) is 1.52. The van der Waals surface area contributed by atoms with E-state index in [-0.39, 0.29) is 11.8 Å². The number of hydrogen-bond donors (Lipinski definition) is 3. The molecule has 1 unspecified atom stereocenters. The molecular formula is C25H23N5O2S. The van der Waals surface area contributed by atoms with Crippen LogP contribution in [0.4, 0.5) is 5.82 Å². The van der Waals surface area contributed by atoms with Gasteiger partial charge in [-0.2, -0.15) is 5.10 Å². The monoisotopic (exact) mass is 457 g/mol. The molecular weight excluding hydrogens is 434 g/mol. The van der Waals surface area contributed by atoms with Crippen LogP contribution in [0.5, 0.6) is 11.5 Å². The standard InChI is InChI=1S/C25H23N5O2S/c1-14(28-25-19-10-21(31)22(32-3)11-20(19)29-15(2)30-25)23-8-9-24(33-23)18-7-5-4-6-17(18)16-12-26-27-13-16/h4-14,31H,1-3H3,(H,26,27)(H,28,29,30). The number of aryl methyl sites for hydroxylation is 1. The summed E-state index contributed by atoms with van der Waals surface area (Å²) in [5.41, 5.74) is 4.09. The minimum Gasteiger partial charge on any atom is -0.504 e. The Balaban J connectivity index is 1.47. The van der Waals surface area contributed by atoms with Crippen molar-refractivity contribution in [2.45, 2.75) is 19.9 Å². The quantitative estimate of drug-likeness (QED) is 0.292. The number of H-pyrrole nitrogens is 1. The normalized spacial score (nSPS) is 12.1. The number of nitrogens with zero attached hydrogens (tertiary/aromatic N) is 3. The number of phenols is 1. The number of ether oxygens (including phenoxy) is 1. The Kier molecular flexibility index (Phi) is 5.43. The molecule has 3 N–H and O–H groups in total. The Bertz CT molecular complexity index is 1430. The lowest BCUT2D eigenvalue weighted by atomic mass is 10.0. The van der Waals surface area contributed by atoms with Crippen molar-refractivity contribution in [3.8, 4) is 33.1 Å². The van der Waals surface area contributed by atoms with Crippen LogP contribution in [0.3, 0.4) is 0 Å². The number of methoxy groups -OCH3 is 1. The molecule has 0 aliphatic rings. The molecule has 0 spiro atoms. The second kappa shape index (κ2) is 8.55. The first-order valence-corrected chi connectivity index (χ1v) is 11.4. The van der Waals surface area contributed by atoms with Crippen LogP contribution in [0.25, 0.3) is 32.5 Å². The fraction of sp³-hybridized carbons (Fsp3) is 0.160. The number of rotatable bonds is 6. The third-order valence-corrected chi connectivity index (χ3v) is 6.82. The van der Waals surface area contributed by atoms with E-state index in [9.17, 15) is 5.11 Å². The van der Waals surface area contributed by atoms with Crippen LogP contribution >= 0.6 is 11.3 Å². The largest absolute Gasteiger partial charge is 0.504 e. The van der Waals surface area contributed by atoms with Crippen molar-refractivity contribution < 1.29 is 9.84 Å². The summed E-state index contributed by atoms with van der Waals surface area (Å²) in [5, 5.41) is 21.5. The van der Waals surface area contributed by atoms with Gasteiger partial charge in [0.2, 0.25) is 0 Å². The molecule has 0 aliphatic heterocycles. The van der Waals surface area contributed by atoms with Gasteiger partial charge in [0.25, 0.3) is 0 Å². The topological polar surface area (TPSA) is 96.0 Å². The van der Waals surface area contributed by atoms with Crippen LogP contribution in [0, 0.1) is 6.92 Å². The number of aromatic nitrogens is 4. The molecule has 0 bridgehead atoms. The number of phenolic OH excluding ortho intramolecular Hbond substituents is 1. The number of aromatic amines is 1. The summed E-state index contributed by atoms with van der Waals surface area (Å²) in [6.07, 6.45) is 3.75. The van der Waals surface area contributed by atoms with Crippen molar-refractivity contribution in [2.24, 2.45) is 0 Å². The minimum atomic E-state index is 0.00609. The fourth-order valence-electron chi connectivity index (χ4n) is 3.89. The number of aromatic hydroxyl groups is 1. The Hall–Kier alpha value is -3.91. The van der Waals surface area contributed by atoms with Crippen molar-refractivity contribution in [1.29, 1.82) is 0 Å². The van der Waals surface area contributed by atoms with E-state index in [2.05, 4.69) is 62.7 Å². The number of anilines is 1. The summed E-state index contributed by atoms with van der Waals surface area (Å²) >= 11 is 1.74. The lowest BCUT2D eigenvalue weighted by molar-refractivity contribution is 0.374. The van der Waals surface area contributed by atoms with Crippen molar-refractivity contribution in [1.82, 2.24) is 20.2 Å². The zero-order valence-corrected chi connectivity index (χ0v) is 19.3.